The van der Waals surface area contributed by atoms with E-state index in [1.54, 1.807) is 18.1 Å². The minimum Gasteiger partial charge on any atom is -0.496 e. The lowest BCUT2D eigenvalue weighted by Crippen LogP contribution is -2.41. The Kier molecular flexibility index (Phi) is 5.62. The van der Waals surface area contributed by atoms with Crippen LogP contribution in [-0.4, -0.2) is 41.9 Å². The number of anilines is 1. The van der Waals surface area contributed by atoms with Crippen molar-refractivity contribution in [3.05, 3.63) is 53.8 Å². The second kappa shape index (κ2) is 8.48. The maximum Gasteiger partial charge on any atom is 0.257 e. The van der Waals surface area contributed by atoms with Crippen LogP contribution in [0.5, 0.6) is 5.75 Å². The van der Waals surface area contributed by atoms with Gasteiger partial charge in [-0.2, -0.15) is 0 Å². The Morgan fingerprint density at radius 3 is 2.76 bits per heavy atom. The molecule has 4 rings (SSSR count). The third-order valence-corrected chi connectivity index (χ3v) is 5.80. The number of furan rings is 1. The Hall–Kier alpha value is -3.13. The Morgan fingerprint density at radius 1 is 1.24 bits per heavy atom. The molecule has 29 heavy (non-hydrogen) atoms. The molecule has 0 radical (unpaired) electrons. The average Bonchev–Trinajstić information content (AvgIpc) is 3.46. The molecule has 1 N–H and O–H groups in total. The molecule has 0 saturated carbocycles. The fourth-order valence-corrected chi connectivity index (χ4v) is 4.15. The summed E-state index contributed by atoms with van der Waals surface area (Å²) < 4.78 is 10.4. The van der Waals surface area contributed by atoms with Crippen molar-refractivity contribution in [1.82, 2.24) is 9.88 Å². The number of methoxy groups -OCH3 is 1. The van der Waals surface area contributed by atoms with Crippen molar-refractivity contribution >= 4 is 28.3 Å². The fourth-order valence-electron chi connectivity index (χ4n) is 3.43. The molecule has 2 amide bonds. The molecule has 1 aliphatic heterocycles. The van der Waals surface area contributed by atoms with E-state index in [4.69, 9.17) is 9.15 Å². The van der Waals surface area contributed by atoms with Gasteiger partial charge in [-0.05, 0) is 31.0 Å². The van der Waals surface area contributed by atoms with Crippen molar-refractivity contribution in [1.29, 1.82) is 0 Å². The van der Waals surface area contributed by atoms with Crippen LogP contribution in [0, 0.1) is 5.92 Å². The van der Waals surface area contributed by atoms with Crippen molar-refractivity contribution in [3.8, 4) is 17.0 Å². The minimum atomic E-state index is -0.137. The van der Waals surface area contributed by atoms with Crippen LogP contribution in [0.1, 0.15) is 23.2 Å². The number of aromatic nitrogens is 1. The molecule has 0 spiro atoms. The number of nitrogens with one attached hydrogen (secondary N) is 1. The van der Waals surface area contributed by atoms with Gasteiger partial charge >= 0.3 is 0 Å². The number of likely N-dealkylation sites (tertiary alicyclic amines) is 1. The number of thiazole rings is 1. The van der Waals surface area contributed by atoms with Gasteiger partial charge in [-0.1, -0.05) is 12.1 Å². The van der Waals surface area contributed by atoms with Crippen LogP contribution in [0.25, 0.3) is 11.3 Å². The third-order valence-electron chi connectivity index (χ3n) is 5.04. The topological polar surface area (TPSA) is 84.7 Å². The fraction of sp³-hybridized carbons (Fsp3) is 0.286. The Balaban J connectivity index is 1.35. The number of hydrogen-bond donors (Lipinski definition) is 1. The molecule has 1 aliphatic rings. The number of nitrogens with zero attached hydrogens (tertiary/aromatic N) is 2. The quantitative estimate of drug-likeness (QED) is 0.688. The molecular formula is C21H21N3O4S. The second-order valence-electron chi connectivity index (χ2n) is 6.81. The van der Waals surface area contributed by atoms with Crippen LogP contribution < -0.4 is 10.1 Å². The van der Waals surface area contributed by atoms with Crippen LogP contribution in [0.3, 0.4) is 0 Å². The molecule has 7 nitrogen and oxygen atoms in total. The van der Waals surface area contributed by atoms with Crippen LogP contribution >= 0.6 is 11.3 Å². The largest absolute Gasteiger partial charge is 0.496 e. The number of benzene rings is 1. The molecule has 0 unspecified atom stereocenters. The summed E-state index contributed by atoms with van der Waals surface area (Å²) in [6, 6.07) is 9.30. The van der Waals surface area contributed by atoms with Crippen molar-refractivity contribution in [3.63, 3.8) is 0 Å². The highest BCUT2D eigenvalue weighted by molar-refractivity contribution is 7.14. The van der Waals surface area contributed by atoms with Gasteiger partial charge in [-0.3, -0.25) is 9.59 Å². The number of rotatable bonds is 5. The van der Waals surface area contributed by atoms with E-state index in [1.807, 2.05) is 29.6 Å². The van der Waals surface area contributed by atoms with Gasteiger partial charge in [0.2, 0.25) is 5.91 Å². The van der Waals surface area contributed by atoms with Gasteiger partial charge in [0.05, 0.1) is 24.6 Å². The molecule has 0 bridgehead atoms. The molecule has 1 aromatic carbocycles. The summed E-state index contributed by atoms with van der Waals surface area (Å²) >= 11 is 1.39. The van der Waals surface area contributed by atoms with Crippen LogP contribution in [0.15, 0.2) is 52.7 Å². The standard InChI is InChI=1S/C21H21N3O4S/c1-27-18-5-3-2-4-16(18)17-13-29-21(22-17)23-19(25)14-6-9-24(10-7-14)20(26)15-8-11-28-12-15/h2-5,8,11-14H,6-7,9-10H2,1H3,(H,22,23,25). The molecule has 8 heteroatoms. The highest BCUT2D eigenvalue weighted by Gasteiger charge is 2.28. The van der Waals surface area contributed by atoms with Crippen LogP contribution in [0.4, 0.5) is 5.13 Å². The predicted molar refractivity (Wildman–Crippen MR) is 110 cm³/mol. The number of piperidine rings is 1. The second-order valence-corrected chi connectivity index (χ2v) is 7.66. The van der Waals surface area contributed by atoms with E-state index < -0.39 is 0 Å². The summed E-state index contributed by atoms with van der Waals surface area (Å²) in [7, 11) is 1.62. The maximum absolute atomic E-state index is 12.7. The Morgan fingerprint density at radius 2 is 2.03 bits per heavy atom. The molecular weight excluding hydrogens is 390 g/mol. The lowest BCUT2D eigenvalue weighted by atomic mass is 9.95. The first-order chi connectivity index (χ1) is 14.2. The molecule has 3 heterocycles. The van der Waals surface area contributed by atoms with E-state index in [0.717, 1.165) is 17.0 Å². The summed E-state index contributed by atoms with van der Waals surface area (Å²) in [6.07, 6.45) is 4.18. The number of para-hydroxylation sites is 1. The molecule has 3 aromatic rings. The number of carbonyl (C=O) groups is 2. The van der Waals surface area contributed by atoms with Crippen LogP contribution in [-0.2, 0) is 4.79 Å². The zero-order chi connectivity index (χ0) is 20.2. The molecule has 1 saturated heterocycles. The Labute approximate surface area is 172 Å². The normalized spacial score (nSPS) is 14.6. The van der Waals surface area contributed by atoms with Crippen molar-refractivity contribution in [2.45, 2.75) is 12.8 Å². The first kappa shape index (κ1) is 19.2. The summed E-state index contributed by atoms with van der Waals surface area (Å²) in [5.74, 6) is 0.493. The zero-order valence-corrected chi connectivity index (χ0v) is 16.8. The van der Waals surface area contributed by atoms with Gasteiger partial charge in [-0.15, -0.1) is 11.3 Å². The van der Waals surface area contributed by atoms with Crippen molar-refractivity contribution in [2.24, 2.45) is 5.92 Å². The van der Waals surface area contributed by atoms with Gasteiger partial charge in [0.25, 0.3) is 5.91 Å². The number of ether oxygens (including phenoxy) is 1. The van der Waals surface area contributed by atoms with Crippen molar-refractivity contribution < 1.29 is 18.7 Å². The Bertz CT molecular complexity index is 991. The third kappa shape index (κ3) is 4.17. The van der Waals surface area contributed by atoms with E-state index >= 15 is 0 Å². The highest BCUT2D eigenvalue weighted by Crippen LogP contribution is 2.32. The highest BCUT2D eigenvalue weighted by atomic mass is 32.1. The number of hydrogen-bond acceptors (Lipinski definition) is 6. The lowest BCUT2D eigenvalue weighted by molar-refractivity contribution is -0.121. The number of amides is 2. The average molecular weight is 411 g/mol. The summed E-state index contributed by atoms with van der Waals surface area (Å²) in [5, 5.41) is 5.39. The van der Waals surface area contributed by atoms with Gasteiger partial charge in [-0.25, -0.2) is 4.98 Å². The first-order valence-electron chi connectivity index (χ1n) is 9.37. The smallest absolute Gasteiger partial charge is 0.257 e. The first-order valence-corrected chi connectivity index (χ1v) is 10.2. The zero-order valence-electron chi connectivity index (χ0n) is 16.0. The minimum absolute atomic E-state index is 0.0543. The van der Waals surface area contributed by atoms with Gasteiger partial charge in [0.15, 0.2) is 5.13 Å². The molecule has 2 aromatic heterocycles. The molecule has 0 aliphatic carbocycles. The summed E-state index contributed by atoms with van der Waals surface area (Å²) in [4.78, 5) is 31.3. The lowest BCUT2D eigenvalue weighted by Gasteiger charge is -2.30. The van der Waals surface area contributed by atoms with E-state index in [2.05, 4.69) is 10.3 Å². The molecule has 0 atom stereocenters. The van der Waals surface area contributed by atoms with Gasteiger partial charge < -0.3 is 19.4 Å². The van der Waals surface area contributed by atoms with Gasteiger partial charge in [0, 0.05) is 30.0 Å². The maximum atomic E-state index is 12.7. The van der Waals surface area contributed by atoms with E-state index in [-0.39, 0.29) is 17.7 Å². The summed E-state index contributed by atoms with van der Waals surface area (Å²) in [6.45, 7) is 1.10. The summed E-state index contributed by atoms with van der Waals surface area (Å²) in [5.41, 5.74) is 2.20. The predicted octanol–water partition coefficient (Wildman–Crippen LogP) is 3.90. The van der Waals surface area contributed by atoms with Gasteiger partial charge in [0.1, 0.15) is 12.0 Å². The van der Waals surface area contributed by atoms with Crippen molar-refractivity contribution in [2.75, 3.05) is 25.5 Å². The molecule has 150 valence electrons. The van der Waals surface area contributed by atoms with E-state index in [0.29, 0.717) is 36.6 Å². The number of carbonyl (C=O) groups excluding carboxylic acids is 2. The van der Waals surface area contributed by atoms with E-state index in [1.165, 1.54) is 23.9 Å². The SMILES string of the molecule is COc1ccccc1-c1csc(NC(=O)C2CCN(C(=O)c3ccoc3)CC2)n1. The van der Waals surface area contributed by atoms with E-state index in [9.17, 15) is 9.59 Å². The van der Waals surface area contributed by atoms with Crippen LogP contribution in [0.2, 0.25) is 0 Å². The molecule has 1 fully saturated rings. The monoisotopic (exact) mass is 411 g/mol.